The zero-order chi connectivity index (χ0) is 12.0. The molecule has 0 aliphatic carbocycles. The van der Waals surface area contributed by atoms with Gasteiger partial charge in [0.2, 0.25) is 0 Å². The Kier molecular flexibility index (Phi) is 6.06. The third-order valence-electron chi connectivity index (χ3n) is 2.00. The first-order valence-corrected chi connectivity index (χ1v) is 7.11. The molecule has 4 heteroatoms. The molecule has 16 heavy (non-hydrogen) atoms. The summed E-state index contributed by atoms with van der Waals surface area (Å²) < 4.78 is 13.4. The number of hydrogen-bond acceptors (Lipinski definition) is 2. The number of carbonyl (C=O) groups is 1. The zero-order valence-electron chi connectivity index (χ0n) is 9.13. The van der Waals surface area contributed by atoms with Crippen LogP contribution in [0.1, 0.15) is 18.9 Å². The van der Waals surface area contributed by atoms with Crippen LogP contribution in [0.4, 0.5) is 4.39 Å². The van der Waals surface area contributed by atoms with Gasteiger partial charge in [-0.2, -0.15) is 11.8 Å². The summed E-state index contributed by atoms with van der Waals surface area (Å²) >= 11 is 4.76. The Hall–Kier alpha value is -0.350. The van der Waals surface area contributed by atoms with Crippen molar-refractivity contribution >= 4 is 33.5 Å². The Labute approximate surface area is 108 Å². The smallest absolute Gasteiger partial charge is 0.147 e. The molecule has 0 radical (unpaired) electrons. The summed E-state index contributed by atoms with van der Waals surface area (Å²) in [4.78, 5) is 11.6. The van der Waals surface area contributed by atoms with Gasteiger partial charge in [0.1, 0.15) is 11.6 Å². The molecule has 0 unspecified atom stereocenters. The van der Waals surface area contributed by atoms with Crippen LogP contribution in [-0.2, 0) is 11.2 Å². The van der Waals surface area contributed by atoms with Crippen molar-refractivity contribution in [2.24, 2.45) is 0 Å². The summed E-state index contributed by atoms with van der Waals surface area (Å²) in [6.45, 7) is 2.09. The molecule has 0 N–H and O–H groups in total. The van der Waals surface area contributed by atoms with E-state index in [9.17, 15) is 9.18 Å². The maximum absolute atomic E-state index is 12.9. The van der Waals surface area contributed by atoms with Crippen LogP contribution in [0, 0.1) is 5.82 Å². The van der Waals surface area contributed by atoms with Gasteiger partial charge in [0, 0.05) is 6.42 Å². The Bertz CT molecular complexity index is 368. The van der Waals surface area contributed by atoms with Crippen molar-refractivity contribution in [2.75, 3.05) is 11.5 Å². The second kappa shape index (κ2) is 7.07. The molecule has 0 spiro atoms. The summed E-state index contributed by atoms with van der Waals surface area (Å²) in [5, 5.41) is 0. The average Bonchev–Trinajstić information content (AvgIpc) is 2.24. The maximum Gasteiger partial charge on any atom is 0.147 e. The first-order chi connectivity index (χ1) is 7.63. The highest BCUT2D eigenvalue weighted by Gasteiger charge is 2.06. The van der Waals surface area contributed by atoms with Gasteiger partial charge in [-0.15, -0.1) is 0 Å². The third kappa shape index (κ3) is 4.66. The van der Waals surface area contributed by atoms with Crippen molar-refractivity contribution < 1.29 is 9.18 Å². The first kappa shape index (κ1) is 13.7. The minimum Gasteiger partial charge on any atom is -0.298 e. The molecule has 0 bridgehead atoms. The van der Waals surface area contributed by atoms with E-state index in [0.29, 0.717) is 16.6 Å². The van der Waals surface area contributed by atoms with E-state index in [1.165, 1.54) is 6.07 Å². The molecule has 0 saturated heterocycles. The lowest BCUT2D eigenvalue weighted by atomic mass is 10.1. The highest BCUT2D eigenvalue weighted by atomic mass is 79.9. The molecular weight excluding hydrogens is 291 g/mol. The van der Waals surface area contributed by atoms with Gasteiger partial charge in [-0.1, -0.05) is 13.0 Å². The Morgan fingerprint density at radius 1 is 1.50 bits per heavy atom. The van der Waals surface area contributed by atoms with Gasteiger partial charge in [0.15, 0.2) is 0 Å². The predicted octanol–water partition coefficient (Wildman–Crippen LogP) is 3.84. The van der Waals surface area contributed by atoms with Crippen LogP contribution in [0.15, 0.2) is 22.7 Å². The minimum absolute atomic E-state index is 0.192. The molecule has 1 rings (SSSR count). The number of carbonyl (C=O) groups excluding carboxylic acids is 1. The van der Waals surface area contributed by atoms with Crippen LogP contribution >= 0.6 is 27.7 Å². The number of thioether (sulfide) groups is 1. The van der Waals surface area contributed by atoms with Crippen LogP contribution in [0.5, 0.6) is 0 Å². The fourth-order valence-electron chi connectivity index (χ4n) is 1.26. The highest BCUT2D eigenvalue weighted by Crippen LogP contribution is 2.17. The van der Waals surface area contributed by atoms with E-state index in [2.05, 4.69) is 22.9 Å². The number of ketones is 1. The lowest BCUT2D eigenvalue weighted by molar-refractivity contribution is -0.116. The molecule has 0 aromatic heterocycles. The van der Waals surface area contributed by atoms with E-state index in [1.807, 2.05) is 0 Å². The minimum atomic E-state index is -0.295. The van der Waals surface area contributed by atoms with Crippen molar-refractivity contribution in [3.05, 3.63) is 34.1 Å². The number of hydrogen-bond donors (Lipinski definition) is 0. The Morgan fingerprint density at radius 2 is 2.25 bits per heavy atom. The van der Waals surface area contributed by atoms with Crippen molar-refractivity contribution in [3.8, 4) is 0 Å². The molecule has 0 heterocycles. The zero-order valence-corrected chi connectivity index (χ0v) is 11.5. The van der Waals surface area contributed by atoms with E-state index in [-0.39, 0.29) is 11.6 Å². The van der Waals surface area contributed by atoms with Gasteiger partial charge in [0.05, 0.1) is 10.2 Å². The van der Waals surface area contributed by atoms with Gasteiger partial charge in [-0.25, -0.2) is 4.39 Å². The lowest BCUT2D eigenvalue weighted by Crippen LogP contribution is -2.06. The average molecular weight is 305 g/mol. The summed E-state index contributed by atoms with van der Waals surface area (Å²) in [6.07, 6.45) is 1.47. The van der Waals surface area contributed by atoms with Crippen LogP contribution in [0.2, 0.25) is 0 Å². The summed E-state index contributed by atoms with van der Waals surface area (Å²) in [5.74, 6) is 1.45. The van der Waals surface area contributed by atoms with Crippen LogP contribution in [-0.4, -0.2) is 17.3 Å². The van der Waals surface area contributed by atoms with E-state index in [4.69, 9.17) is 0 Å². The quantitative estimate of drug-likeness (QED) is 0.743. The van der Waals surface area contributed by atoms with Gasteiger partial charge in [0.25, 0.3) is 0 Å². The van der Waals surface area contributed by atoms with Gasteiger partial charge < -0.3 is 0 Å². The van der Waals surface area contributed by atoms with Gasteiger partial charge >= 0.3 is 0 Å². The molecule has 0 atom stereocenters. The lowest BCUT2D eigenvalue weighted by Gasteiger charge is -2.02. The Balaban J connectivity index is 2.46. The number of rotatable bonds is 6. The van der Waals surface area contributed by atoms with Crippen LogP contribution < -0.4 is 0 Å². The van der Waals surface area contributed by atoms with Crippen molar-refractivity contribution in [1.29, 1.82) is 0 Å². The van der Waals surface area contributed by atoms with Gasteiger partial charge in [-0.3, -0.25) is 4.79 Å². The number of Topliss-reactive ketones (excluding diaryl/α,β-unsaturated/α-hetero) is 1. The second-order valence-electron chi connectivity index (χ2n) is 3.52. The topological polar surface area (TPSA) is 17.1 Å². The first-order valence-electron chi connectivity index (χ1n) is 5.17. The standard InChI is InChI=1S/C12H14BrFOS/c1-2-5-16-8-10(15)6-9-3-4-12(14)11(13)7-9/h3-4,7H,2,5-6,8H2,1H3. The molecule has 0 aliphatic rings. The molecule has 88 valence electrons. The molecule has 1 aromatic rings. The molecule has 0 amide bonds. The molecular formula is C12H14BrFOS. The summed E-state index contributed by atoms with van der Waals surface area (Å²) in [7, 11) is 0. The number of benzene rings is 1. The van der Waals surface area contributed by atoms with E-state index in [0.717, 1.165) is 17.7 Å². The third-order valence-corrected chi connectivity index (χ3v) is 3.83. The molecule has 1 nitrogen and oxygen atoms in total. The van der Waals surface area contributed by atoms with E-state index >= 15 is 0 Å². The van der Waals surface area contributed by atoms with Crippen LogP contribution in [0.3, 0.4) is 0 Å². The molecule has 0 fully saturated rings. The fourth-order valence-corrected chi connectivity index (χ4v) is 2.45. The monoisotopic (exact) mass is 304 g/mol. The van der Waals surface area contributed by atoms with Crippen molar-refractivity contribution in [2.45, 2.75) is 19.8 Å². The highest BCUT2D eigenvalue weighted by molar-refractivity contribution is 9.10. The normalized spacial score (nSPS) is 10.4. The number of halogens is 2. The van der Waals surface area contributed by atoms with Crippen molar-refractivity contribution in [3.63, 3.8) is 0 Å². The Morgan fingerprint density at radius 3 is 2.88 bits per heavy atom. The predicted molar refractivity (Wildman–Crippen MR) is 70.4 cm³/mol. The van der Waals surface area contributed by atoms with E-state index < -0.39 is 0 Å². The molecule has 0 saturated carbocycles. The largest absolute Gasteiger partial charge is 0.298 e. The molecule has 0 aliphatic heterocycles. The summed E-state index contributed by atoms with van der Waals surface area (Å²) in [6, 6.07) is 4.70. The SMILES string of the molecule is CCCSCC(=O)Cc1ccc(F)c(Br)c1. The maximum atomic E-state index is 12.9. The van der Waals surface area contributed by atoms with Crippen molar-refractivity contribution in [1.82, 2.24) is 0 Å². The summed E-state index contributed by atoms with van der Waals surface area (Å²) in [5.41, 5.74) is 0.857. The second-order valence-corrected chi connectivity index (χ2v) is 5.48. The van der Waals surface area contributed by atoms with Gasteiger partial charge in [-0.05, 0) is 45.8 Å². The van der Waals surface area contributed by atoms with Crippen LogP contribution in [0.25, 0.3) is 0 Å². The van der Waals surface area contributed by atoms with E-state index in [1.54, 1.807) is 23.9 Å². The molecule has 1 aromatic carbocycles. The fraction of sp³-hybridized carbons (Fsp3) is 0.417.